The zero-order chi connectivity index (χ0) is 23.0. The molecule has 4 rings (SSSR count). The Labute approximate surface area is 189 Å². The molecule has 33 heavy (non-hydrogen) atoms. The maximum absolute atomic E-state index is 12.3. The number of para-hydroxylation sites is 1. The molecule has 1 fully saturated rings. The standard InChI is InChI=1S/C23H24N4O6/c28-21(19-9-8-18(33-19)15-32-17-5-2-1-3-6-17)25-26-23(30)24-16-10-12-27(13-11-16)22(29)20-7-4-14-31-20/h1-9,14,16H,10-13,15H2,(H,25,28)(H2,24,26,30). The number of ether oxygens (including phenoxy) is 1. The number of carbonyl (C=O) groups excluding carboxylic acids is 3. The van der Waals surface area contributed by atoms with E-state index in [1.54, 1.807) is 23.1 Å². The van der Waals surface area contributed by atoms with E-state index in [4.69, 9.17) is 13.6 Å². The minimum absolute atomic E-state index is 0.0479. The number of hydrogen-bond acceptors (Lipinski definition) is 6. The van der Waals surface area contributed by atoms with E-state index in [0.717, 1.165) is 0 Å². The number of amides is 4. The first-order valence-electron chi connectivity index (χ1n) is 10.5. The fourth-order valence-corrected chi connectivity index (χ4v) is 3.43. The summed E-state index contributed by atoms with van der Waals surface area (Å²) in [5.41, 5.74) is 4.62. The Bertz CT molecular complexity index is 1070. The lowest BCUT2D eigenvalue weighted by Gasteiger charge is -2.31. The number of nitrogens with one attached hydrogen (secondary N) is 3. The molecule has 0 bridgehead atoms. The summed E-state index contributed by atoms with van der Waals surface area (Å²) >= 11 is 0. The third-order valence-electron chi connectivity index (χ3n) is 5.15. The van der Waals surface area contributed by atoms with Gasteiger partial charge in [0.05, 0.1) is 6.26 Å². The molecule has 0 spiro atoms. The molecule has 3 N–H and O–H groups in total. The average molecular weight is 452 g/mol. The van der Waals surface area contributed by atoms with E-state index in [2.05, 4.69) is 16.2 Å². The highest BCUT2D eigenvalue weighted by molar-refractivity contribution is 5.93. The van der Waals surface area contributed by atoms with Crippen molar-refractivity contribution in [3.05, 3.63) is 78.1 Å². The van der Waals surface area contributed by atoms with Crippen LogP contribution < -0.4 is 20.9 Å². The van der Waals surface area contributed by atoms with E-state index in [1.807, 2.05) is 30.3 Å². The van der Waals surface area contributed by atoms with Crippen LogP contribution in [0, 0.1) is 0 Å². The van der Waals surface area contributed by atoms with Crippen molar-refractivity contribution in [2.45, 2.75) is 25.5 Å². The summed E-state index contributed by atoms with van der Waals surface area (Å²) in [6.07, 6.45) is 2.65. The first-order chi connectivity index (χ1) is 16.1. The van der Waals surface area contributed by atoms with E-state index in [0.29, 0.717) is 43.2 Å². The van der Waals surface area contributed by atoms with E-state index in [-0.39, 0.29) is 24.3 Å². The van der Waals surface area contributed by atoms with Crippen LogP contribution in [0.25, 0.3) is 0 Å². The molecule has 0 unspecified atom stereocenters. The third-order valence-corrected chi connectivity index (χ3v) is 5.15. The smallest absolute Gasteiger partial charge is 0.333 e. The average Bonchev–Trinajstić information content (AvgIpc) is 3.55. The van der Waals surface area contributed by atoms with Gasteiger partial charge >= 0.3 is 11.9 Å². The summed E-state index contributed by atoms with van der Waals surface area (Å²) in [4.78, 5) is 38.3. The summed E-state index contributed by atoms with van der Waals surface area (Å²) in [5.74, 6) is 0.761. The molecule has 0 atom stereocenters. The summed E-state index contributed by atoms with van der Waals surface area (Å²) in [7, 11) is 0. The van der Waals surface area contributed by atoms with Crippen LogP contribution >= 0.6 is 0 Å². The summed E-state index contributed by atoms with van der Waals surface area (Å²) in [5, 5.41) is 2.79. The maximum Gasteiger partial charge on any atom is 0.333 e. The normalized spacial score (nSPS) is 13.9. The number of furan rings is 2. The molecule has 172 valence electrons. The quantitative estimate of drug-likeness (QED) is 0.494. The van der Waals surface area contributed by atoms with Crippen LogP contribution in [-0.2, 0) is 6.61 Å². The van der Waals surface area contributed by atoms with Gasteiger partial charge in [0.1, 0.15) is 18.1 Å². The Morgan fingerprint density at radius 1 is 0.939 bits per heavy atom. The van der Waals surface area contributed by atoms with Gasteiger partial charge in [0, 0.05) is 19.1 Å². The van der Waals surface area contributed by atoms with Gasteiger partial charge in [-0.15, -0.1) is 0 Å². The highest BCUT2D eigenvalue weighted by atomic mass is 16.5. The van der Waals surface area contributed by atoms with Crippen molar-refractivity contribution in [1.29, 1.82) is 0 Å². The van der Waals surface area contributed by atoms with Gasteiger partial charge < -0.3 is 23.8 Å². The minimum Gasteiger partial charge on any atom is -0.486 e. The van der Waals surface area contributed by atoms with Gasteiger partial charge in [-0.25, -0.2) is 10.2 Å². The molecule has 1 aliphatic heterocycles. The number of carbonyl (C=O) groups is 3. The molecule has 0 saturated carbocycles. The number of benzene rings is 1. The lowest BCUT2D eigenvalue weighted by Crippen LogP contribution is -2.52. The molecule has 2 aromatic heterocycles. The van der Waals surface area contributed by atoms with Gasteiger partial charge in [0.15, 0.2) is 11.5 Å². The molecule has 4 amide bonds. The van der Waals surface area contributed by atoms with Crippen LogP contribution in [0.2, 0.25) is 0 Å². The van der Waals surface area contributed by atoms with E-state index in [1.165, 1.54) is 12.3 Å². The van der Waals surface area contributed by atoms with Gasteiger partial charge in [-0.3, -0.25) is 15.0 Å². The van der Waals surface area contributed by atoms with Gasteiger partial charge in [-0.2, -0.15) is 0 Å². The number of hydrazine groups is 1. The molecule has 10 heteroatoms. The van der Waals surface area contributed by atoms with Gasteiger partial charge in [0.25, 0.3) is 5.91 Å². The first-order valence-corrected chi connectivity index (χ1v) is 10.5. The van der Waals surface area contributed by atoms with Crippen molar-refractivity contribution in [2.24, 2.45) is 0 Å². The van der Waals surface area contributed by atoms with E-state index >= 15 is 0 Å². The van der Waals surface area contributed by atoms with Crippen LogP contribution in [0.3, 0.4) is 0 Å². The van der Waals surface area contributed by atoms with Crippen molar-refractivity contribution in [2.75, 3.05) is 13.1 Å². The fourth-order valence-electron chi connectivity index (χ4n) is 3.43. The Hall–Kier alpha value is -4.21. The molecular weight excluding hydrogens is 428 g/mol. The molecule has 0 radical (unpaired) electrons. The topological polar surface area (TPSA) is 126 Å². The Morgan fingerprint density at radius 3 is 2.45 bits per heavy atom. The number of rotatable bonds is 6. The lowest BCUT2D eigenvalue weighted by molar-refractivity contribution is 0.0675. The molecule has 3 aromatic rings. The van der Waals surface area contributed by atoms with Gasteiger partial charge in [0.2, 0.25) is 0 Å². The number of likely N-dealkylation sites (tertiary alicyclic amines) is 1. The van der Waals surface area contributed by atoms with E-state index < -0.39 is 11.9 Å². The molecule has 1 saturated heterocycles. The van der Waals surface area contributed by atoms with Crippen LogP contribution in [0.5, 0.6) is 5.75 Å². The zero-order valence-electron chi connectivity index (χ0n) is 17.8. The van der Waals surface area contributed by atoms with Crippen LogP contribution in [-0.4, -0.2) is 41.9 Å². The van der Waals surface area contributed by atoms with Gasteiger partial charge in [-0.1, -0.05) is 18.2 Å². The Kier molecular flexibility index (Phi) is 6.93. The first kappa shape index (κ1) is 22.0. The second kappa shape index (κ2) is 10.4. The fraction of sp³-hybridized carbons (Fsp3) is 0.261. The van der Waals surface area contributed by atoms with Crippen molar-refractivity contribution in [1.82, 2.24) is 21.1 Å². The summed E-state index contributed by atoms with van der Waals surface area (Å²) in [6.45, 7) is 1.17. The van der Waals surface area contributed by atoms with E-state index in [9.17, 15) is 14.4 Å². The number of nitrogens with zero attached hydrogens (tertiary/aromatic N) is 1. The van der Waals surface area contributed by atoms with Gasteiger partial charge in [-0.05, 0) is 49.2 Å². The van der Waals surface area contributed by atoms with Crippen molar-refractivity contribution in [3.8, 4) is 5.75 Å². The van der Waals surface area contributed by atoms with Crippen LogP contribution in [0.1, 0.15) is 39.7 Å². The summed E-state index contributed by atoms with van der Waals surface area (Å²) in [6, 6.07) is 15.0. The largest absolute Gasteiger partial charge is 0.486 e. The molecule has 10 nitrogen and oxygen atoms in total. The lowest BCUT2D eigenvalue weighted by atomic mass is 10.1. The third kappa shape index (κ3) is 5.94. The highest BCUT2D eigenvalue weighted by Gasteiger charge is 2.26. The monoisotopic (exact) mass is 452 g/mol. The molecule has 1 aliphatic rings. The minimum atomic E-state index is -0.588. The molecule has 1 aromatic carbocycles. The van der Waals surface area contributed by atoms with Crippen LogP contribution in [0.4, 0.5) is 4.79 Å². The molecule has 3 heterocycles. The number of piperidine rings is 1. The second-order valence-electron chi connectivity index (χ2n) is 7.46. The van der Waals surface area contributed by atoms with Crippen molar-refractivity contribution in [3.63, 3.8) is 0 Å². The Balaban J connectivity index is 1.16. The molecular formula is C23H24N4O6. The molecule has 0 aliphatic carbocycles. The second-order valence-corrected chi connectivity index (χ2v) is 7.46. The van der Waals surface area contributed by atoms with Crippen molar-refractivity contribution >= 4 is 17.8 Å². The number of urea groups is 1. The predicted octanol–water partition coefficient (Wildman–Crippen LogP) is 2.70. The summed E-state index contributed by atoms with van der Waals surface area (Å²) < 4.78 is 16.2. The highest BCUT2D eigenvalue weighted by Crippen LogP contribution is 2.15. The predicted molar refractivity (Wildman–Crippen MR) is 116 cm³/mol. The van der Waals surface area contributed by atoms with Crippen molar-refractivity contribution < 1.29 is 28.0 Å². The zero-order valence-corrected chi connectivity index (χ0v) is 17.8. The Morgan fingerprint density at radius 2 is 1.73 bits per heavy atom. The van der Waals surface area contributed by atoms with Crippen LogP contribution in [0.15, 0.2) is 69.7 Å². The maximum atomic E-state index is 12.3. The SMILES string of the molecule is O=C(NNC(=O)c1ccc(COc2ccccc2)o1)NC1CCN(C(=O)c2ccco2)CC1. The number of hydrogen-bond donors (Lipinski definition) is 3.